The van der Waals surface area contributed by atoms with E-state index < -0.39 is 0 Å². The van der Waals surface area contributed by atoms with E-state index in [0.29, 0.717) is 17.5 Å². The summed E-state index contributed by atoms with van der Waals surface area (Å²) in [6.45, 7) is 2.60. The van der Waals surface area contributed by atoms with E-state index in [1.54, 1.807) is 6.07 Å². The van der Waals surface area contributed by atoms with E-state index in [2.05, 4.69) is 4.98 Å². The van der Waals surface area contributed by atoms with E-state index in [1.807, 2.05) is 55.5 Å². The van der Waals surface area contributed by atoms with E-state index in [4.69, 9.17) is 21.1 Å². The molecule has 0 saturated carbocycles. The summed E-state index contributed by atoms with van der Waals surface area (Å²) in [6, 6.07) is 17.0. The van der Waals surface area contributed by atoms with Gasteiger partial charge < -0.3 is 9.47 Å². The number of rotatable bonds is 4. The lowest BCUT2D eigenvalue weighted by Gasteiger charge is -2.09. The first-order valence-electron chi connectivity index (χ1n) is 6.72. The highest BCUT2D eigenvalue weighted by Crippen LogP contribution is 2.30. The first-order chi connectivity index (χ1) is 10.3. The molecule has 3 rings (SSSR count). The van der Waals surface area contributed by atoms with Gasteiger partial charge in [0.05, 0.1) is 6.61 Å². The SMILES string of the molecule is CCOc1ccc(Oc2cccc3ccc(Cl)nc23)cc1. The Morgan fingerprint density at radius 1 is 0.952 bits per heavy atom. The first kappa shape index (κ1) is 13.7. The highest BCUT2D eigenvalue weighted by atomic mass is 35.5. The van der Waals surface area contributed by atoms with Crippen molar-refractivity contribution in [3.63, 3.8) is 0 Å². The maximum atomic E-state index is 5.97. The van der Waals surface area contributed by atoms with Crippen LogP contribution < -0.4 is 9.47 Å². The van der Waals surface area contributed by atoms with Crippen LogP contribution in [0.3, 0.4) is 0 Å². The van der Waals surface area contributed by atoms with Gasteiger partial charge in [-0.05, 0) is 49.4 Å². The van der Waals surface area contributed by atoms with Gasteiger partial charge in [-0.15, -0.1) is 0 Å². The van der Waals surface area contributed by atoms with E-state index in [9.17, 15) is 0 Å². The molecule has 3 nitrogen and oxygen atoms in total. The second-order valence-electron chi connectivity index (χ2n) is 4.47. The highest BCUT2D eigenvalue weighted by Gasteiger charge is 2.06. The summed E-state index contributed by atoms with van der Waals surface area (Å²) < 4.78 is 11.3. The lowest BCUT2D eigenvalue weighted by molar-refractivity contribution is 0.339. The summed E-state index contributed by atoms with van der Waals surface area (Å²) in [4.78, 5) is 4.33. The van der Waals surface area contributed by atoms with Crippen LogP contribution in [0.2, 0.25) is 5.15 Å². The fourth-order valence-electron chi connectivity index (χ4n) is 2.08. The molecule has 0 N–H and O–H groups in total. The molecule has 0 aliphatic heterocycles. The molecular weight excluding hydrogens is 286 g/mol. The molecule has 0 atom stereocenters. The van der Waals surface area contributed by atoms with Crippen molar-refractivity contribution in [2.45, 2.75) is 6.92 Å². The molecule has 0 fully saturated rings. The average Bonchev–Trinajstić information content (AvgIpc) is 2.50. The number of nitrogens with zero attached hydrogens (tertiary/aromatic N) is 1. The minimum Gasteiger partial charge on any atom is -0.494 e. The van der Waals surface area contributed by atoms with Crippen molar-refractivity contribution in [2.75, 3.05) is 6.61 Å². The number of hydrogen-bond acceptors (Lipinski definition) is 3. The topological polar surface area (TPSA) is 31.4 Å². The fraction of sp³-hybridized carbons (Fsp3) is 0.118. The molecule has 106 valence electrons. The van der Waals surface area contributed by atoms with Crippen molar-refractivity contribution in [1.29, 1.82) is 0 Å². The van der Waals surface area contributed by atoms with Gasteiger partial charge in [0.1, 0.15) is 22.2 Å². The molecule has 1 aromatic heterocycles. The van der Waals surface area contributed by atoms with Crippen LogP contribution in [0.15, 0.2) is 54.6 Å². The maximum absolute atomic E-state index is 5.97. The number of halogens is 1. The minimum atomic E-state index is 0.449. The monoisotopic (exact) mass is 299 g/mol. The van der Waals surface area contributed by atoms with Crippen molar-refractivity contribution in [2.24, 2.45) is 0 Å². The Morgan fingerprint density at radius 2 is 1.71 bits per heavy atom. The zero-order valence-electron chi connectivity index (χ0n) is 11.5. The van der Waals surface area contributed by atoms with Crippen molar-refractivity contribution in [3.05, 3.63) is 59.8 Å². The lowest BCUT2D eigenvalue weighted by atomic mass is 10.2. The summed E-state index contributed by atoms with van der Waals surface area (Å²) in [5, 5.41) is 1.44. The third-order valence-corrected chi connectivity index (χ3v) is 3.22. The number of ether oxygens (including phenoxy) is 2. The summed E-state index contributed by atoms with van der Waals surface area (Å²) in [5.41, 5.74) is 0.749. The Balaban J connectivity index is 1.92. The van der Waals surface area contributed by atoms with Gasteiger partial charge in [-0.25, -0.2) is 4.98 Å². The number of hydrogen-bond donors (Lipinski definition) is 0. The van der Waals surface area contributed by atoms with E-state index in [0.717, 1.165) is 22.4 Å². The second kappa shape index (κ2) is 6.02. The number of benzene rings is 2. The predicted molar refractivity (Wildman–Crippen MR) is 84.4 cm³/mol. The predicted octanol–water partition coefficient (Wildman–Crippen LogP) is 5.08. The van der Waals surface area contributed by atoms with Gasteiger partial charge in [0.25, 0.3) is 0 Å². The van der Waals surface area contributed by atoms with Crippen LogP contribution in [-0.4, -0.2) is 11.6 Å². The van der Waals surface area contributed by atoms with Crippen LogP contribution in [0.5, 0.6) is 17.2 Å². The molecule has 0 radical (unpaired) electrons. The third kappa shape index (κ3) is 3.09. The molecule has 2 aromatic carbocycles. The van der Waals surface area contributed by atoms with Crippen molar-refractivity contribution >= 4 is 22.5 Å². The van der Waals surface area contributed by atoms with Crippen LogP contribution in [0.4, 0.5) is 0 Å². The van der Waals surface area contributed by atoms with Crippen LogP contribution in [0, 0.1) is 0 Å². The molecule has 1 heterocycles. The van der Waals surface area contributed by atoms with Gasteiger partial charge in [0, 0.05) is 5.39 Å². The number of fused-ring (bicyclic) bond motifs is 1. The summed E-state index contributed by atoms with van der Waals surface area (Å²) in [5.74, 6) is 2.23. The molecule has 4 heteroatoms. The summed E-state index contributed by atoms with van der Waals surface area (Å²) in [7, 11) is 0. The maximum Gasteiger partial charge on any atom is 0.153 e. The Labute approximate surface area is 128 Å². The number of aromatic nitrogens is 1. The summed E-state index contributed by atoms with van der Waals surface area (Å²) >= 11 is 5.97. The first-order valence-corrected chi connectivity index (χ1v) is 7.10. The molecule has 0 saturated heterocycles. The summed E-state index contributed by atoms with van der Waals surface area (Å²) in [6.07, 6.45) is 0. The Bertz CT molecular complexity index is 756. The zero-order chi connectivity index (χ0) is 14.7. The standard InChI is InChI=1S/C17H14ClNO2/c1-2-20-13-7-9-14(10-8-13)21-15-5-3-4-12-6-11-16(18)19-17(12)15/h3-11H,2H2,1H3. The normalized spacial score (nSPS) is 10.6. The third-order valence-electron chi connectivity index (χ3n) is 3.01. The Hall–Kier alpha value is -2.26. The molecule has 3 aromatic rings. The molecule has 0 bridgehead atoms. The van der Waals surface area contributed by atoms with Gasteiger partial charge >= 0.3 is 0 Å². The largest absolute Gasteiger partial charge is 0.494 e. The Morgan fingerprint density at radius 3 is 2.48 bits per heavy atom. The molecule has 0 aliphatic rings. The van der Waals surface area contributed by atoms with Gasteiger partial charge in [-0.2, -0.15) is 0 Å². The number of para-hydroxylation sites is 1. The molecule has 0 unspecified atom stereocenters. The highest BCUT2D eigenvalue weighted by molar-refractivity contribution is 6.29. The minimum absolute atomic E-state index is 0.449. The van der Waals surface area contributed by atoms with Crippen molar-refractivity contribution in [1.82, 2.24) is 4.98 Å². The molecule has 0 spiro atoms. The smallest absolute Gasteiger partial charge is 0.153 e. The molecule has 21 heavy (non-hydrogen) atoms. The average molecular weight is 300 g/mol. The van der Waals surface area contributed by atoms with Gasteiger partial charge in [-0.1, -0.05) is 23.7 Å². The van der Waals surface area contributed by atoms with Gasteiger partial charge in [0.2, 0.25) is 0 Å². The zero-order valence-corrected chi connectivity index (χ0v) is 12.3. The number of pyridine rings is 1. The van der Waals surface area contributed by atoms with E-state index in [-0.39, 0.29) is 0 Å². The van der Waals surface area contributed by atoms with Crippen LogP contribution in [0.1, 0.15) is 6.92 Å². The van der Waals surface area contributed by atoms with Crippen LogP contribution in [-0.2, 0) is 0 Å². The van der Waals surface area contributed by atoms with Gasteiger partial charge in [-0.3, -0.25) is 0 Å². The lowest BCUT2D eigenvalue weighted by Crippen LogP contribution is -1.91. The molecule has 0 aliphatic carbocycles. The van der Waals surface area contributed by atoms with Crippen LogP contribution in [0.25, 0.3) is 10.9 Å². The Kier molecular flexibility index (Phi) is 3.93. The van der Waals surface area contributed by atoms with Crippen LogP contribution >= 0.6 is 11.6 Å². The van der Waals surface area contributed by atoms with Crippen molar-refractivity contribution in [3.8, 4) is 17.2 Å². The molecular formula is C17H14ClNO2. The fourth-order valence-corrected chi connectivity index (χ4v) is 2.22. The molecule has 0 amide bonds. The van der Waals surface area contributed by atoms with Crippen molar-refractivity contribution < 1.29 is 9.47 Å². The van der Waals surface area contributed by atoms with Gasteiger partial charge in [0.15, 0.2) is 5.75 Å². The second-order valence-corrected chi connectivity index (χ2v) is 4.86. The quantitative estimate of drug-likeness (QED) is 0.630. The van der Waals surface area contributed by atoms with E-state index in [1.165, 1.54) is 0 Å². The van der Waals surface area contributed by atoms with E-state index >= 15 is 0 Å².